The second kappa shape index (κ2) is 4.84. The second-order valence-electron chi connectivity index (χ2n) is 4.71. The van der Waals surface area contributed by atoms with Crippen molar-refractivity contribution < 1.29 is 18.0 Å². The van der Waals surface area contributed by atoms with E-state index in [0.29, 0.717) is 11.3 Å². The number of carbonyl (C=O) groups is 2. The maximum atomic E-state index is 12.1. The van der Waals surface area contributed by atoms with E-state index in [9.17, 15) is 18.0 Å². The molecule has 0 aromatic heterocycles. The lowest BCUT2D eigenvalue weighted by Gasteiger charge is -2.15. The standard InChI is InChI=1S/C13H14N2O4S/c1-8(2)11-7-12(16)15(13(11)17)9-3-5-10(6-4-9)20(14,18)19/h3-6,11H,1,7H2,2H3,(H2,14,18,19). The Hall–Kier alpha value is -1.99. The SMILES string of the molecule is C=C(C)C1CC(=O)N(c2ccc(S(N)(=O)=O)cc2)C1=O. The van der Waals surface area contributed by atoms with Gasteiger partial charge in [0.05, 0.1) is 16.5 Å². The highest BCUT2D eigenvalue weighted by molar-refractivity contribution is 7.89. The van der Waals surface area contributed by atoms with Crippen molar-refractivity contribution in [2.24, 2.45) is 11.1 Å². The van der Waals surface area contributed by atoms with Crippen molar-refractivity contribution in [3.05, 3.63) is 36.4 Å². The zero-order valence-corrected chi connectivity index (χ0v) is 11.7. The van der Waals surface area contributed by atoms with Crippen molar-refractivity contribution in [1.82, 2.24) is 0 Å². The summed E-state index contributed by atoms with van der Waals surface area (Å²) in [5, 5.41) is 4.99. The number of rotatable bonds is 3. The predicted molar refractivity (Wildman–Crippen MR) is 73.2 cm³/mol. The minimum absolute atomic E-state index is 0.0724. The number of imide groups is 1. The van der Waals surface area contributed by atoms with Crippen molar-refractivity contribution in [1.29, 1.82) is 0 Å². The van der Waals surface area contributed by atoms with Crippen molar-refractivity contribution in [3.8, 4) is 0 Å². The van der Waals surface area contributed by atoms with Crippen LogP contribution in [0.4, 0.5) is 5.69 Å². The van der Waals surface area contributed by atoms with Gasteiger partial charge in [-0.1, -0.05) is 12.2 Å². The first-order valence-corrected chi connectivity index (χ1v) is 7.41. The van der Waals surface area contributed by atoms with Crippen LogP contribution in [0.5, 0.6) is 0 Å². The summed E-state index contributed by atoms with van der Waals surface area (Å²) in [5.74, 6) is -1.18. The molecule has 2 N–H and O–H groups in total. The van der Waals surface area contributed by atoms with Crippen molar-refractivity contribution in [2.75, 3.05) is 4.90 Å². The highest BCUT2D eigenvalue weighted by Crippen LogP contribution is 2.30. The van der Waals surface area contributed by atoms with E-state index in [1.807, 2.05) is 0 Å². The minimum atomic E-state index is -3.80. The van der Waals surface area contributed by atoms with Crippen molar-refractivity contribution >= 4 is 27.5 Å². The van der Waals surface area contributed by atoms with Gasteiger partial charge >= 0.3 is 0 Å². The molecule has 2 rings (SSSR count). The normalized spacial score (nSPS) is 19.5. The van der Waals surface area contributed by atoms with Crippen molar-refractivity contribution in [2.45, 2.75) is 18.2 Å². The molecular formula is C13H14N2O4S. The number of amides is 2. The predicted octanol–water partition coefficient (Wildman–Crippen LogP) is 0.790. The van der Waals surface area contributed by atoms with E-state index in [0.717, 1.165) is 4.90 Å². The lowest BCUT2D eigenvalue weighted by molar-refractivity contribution is -0.121. The molecule has 0 saturated carbocycles. The van der Waals surface area contributed by atoms with Gasteiger partial charge in [-0.15, -0.1) is 0 Å². The topological polar surface area (TPSA) is 97.5 Å². The number of nitrogens with two attached hydrogens (primary N) is 1. The molecule has 20 heavy (non-hydrogen) atoms. The molecule has 1 aliphatic rings. The van der Waals surface area contributed by atoms with Gasteiger partial charge in [-0.3, -0.25) is 14.5 Å². The largest absolute Gasteiger partial charge is 0.274 e. The van der Waals surface area contributed by atoms with Gasteiger partial charge in [-0.05, 0) is 31.2 Å². The Morgan fingerprint density at radius 2 is 1.85 bits per heavy atom. The zero-order chi connectivity index (χ0) is 15.1. The lowest BCUT2D eigenvalue weighted by Crippen LogP contribution is -2.30. The molecule has 0 aliphatic carbocycles. The highest BCUT2D eigenvalue weighted by Gasteiger charge is 2.39. The molecule has 0 spiro atoms. The Bertz CT molecular complexity index is 692. The van der Waals surface area contributed by atoms with Crippen LogP contribution in [0, 0.1) is 5.92 Å². The fourth-order valence-electron chi connectivity index (χ4n) is 2.07. The smallest absolute Gasteiger partial charge is 0.241 e. The third kappa shape index (κ3) is 2.50. The van der Waals surface area contributed by atoms with E-state index >= 15 is 0 Å². The van der Waals surface area contributed by atoms with E-state index in [1.54, 1.807) is 6.92 Å². The van der Waals surface area contributed by atoms with Gasteiger partial charge < -0.3 is 0 Å². The van der Waals surface area contributed by atoms with Crippen molar-refractivity contribution in [3.63, 3.8) is 0 Å². The molecule has 1 aromatic rings. The number of hydrogen-bond donors (Lipinski definition) is 1. The summed E-state index contributed by atoms with van der Waals surface area (Å²) < 4.78 is 22.3. The van der Waals surface area contributed by atoms with Crippen LogP contribution in [0.1, 0.15) is 13.3 Å². The molecule has 1 fully saturated rings. The van der Waals surface area contributed by atoms with Gasteiger partial charge in [0, 0.05) is 6.42 Å². The van der Waals surface area contributed by atoms with Crippen LogP contribution in [0.3, 0.4) is 0 Å². The first-order valence-electron chi connectivity index (χ1n) is 5.87. The Balaban J connectivity index is 2.35. The van der Waals surface area contributed by atoms with Gasteiger partial charge in [0.1, 0.15) is 0 Å². The molecule has 1 aliphatic heterocycles. The van der Waals surface area contributed by atoms with Crippen LogP contribution in [0.15, 0.2) is 41.3 Å². The van der Waals surface area contributed by atoms with Gasteiger partial charge in [0.15, 0.2) is 0 Å². The number of carbonyl (C=O) groups excluding carboxylic acids is 2. The Kier molecular flexibility index (Phi) is 3.49. The Morgan fingerprint density at radius 3 is 2.25 bits per heavy atom. The minimum Gasteiger partial charge on any atom is -0.274 e. The molecule has 2 amide bonds. The summed E-state index contributed by atoms with van der Waals surface area (Å²) in [6, 6.07) is 5.30. The second-order valence-corrected chi connectivity index (χ2v) is 6.27. The average molecular weight is 294 g/mol. The van der Waals surface area contributed by atoms with E-state index in [-0.39, 0.29) is 23.1 Å². The highest BCUT2D eigenvalue weighted by atomic mass is 32.2. The van der Waals surface area contributed by atoms with Crippen LogP contribution in [-0.4, -0.2) is 20.2 Å². The van der Waals surface area contributed by atoms with E-state index in [4.69, 9.17) is 5.14 Å². The average Bonchev–Trinajstić information content (AvgIpc) is 2.64. The van der Waals surface area contributed by atoms with E-state index < -0.39 is 15.9 Å². The molecule has 1 saturated heterocycles. The third-order valence-corrected chi connectivity index (χ3v) is 4.09. The molecule has 1 aromatic carbocycles. The summed E-state index contributed by atoms with van der Waals surface area (Å²) in [6.45, 7) is 5.40. The van der Waals surface area contributed by atoms with E-state index in [1.165, 1.54) is 24.3 Å². The monoisotopic (exact) mass is 294 g/mol. The third-order valence-electron chi connectivity index (χ3n) is 3.16. The lowest BCUT2D eigenvalue weighted by atomic mass is 10.0. The first kappa shape index (κ1) is 14.4. The number of nitrogens with zero attached hydrogens (tertiary/aromatic N) is 1. The van der Waals surface area contributed by atoms with Crippen LogP contribution < -0.4 is 10.0 Å². The quantitative estimate of drug-likeness (QED) is 0.658. The Labute approximate surface area is 116 Å². The fraction of sp³-hybridized carbons (Fsp3) is 0.231. The van der Waals surface area contributed by atoms with Gasteiger partial charge in [0.2, 0.25) is 21.8 Å². The van der Waals surface area contributed by atoms with Gasteiger partial charge in [-0.2, -0.15) is 0 Å². The number of anilines is 1. The molecule has 1 atom stereocenters. The molecule has 0 radical (unpaired) electrons. The van der Waals surface area contributed by atoms with Crippen LogP contribution in [0.25, 0.3) is 0 Å². The Morgan fingerprint density at radius 1 is 1.30 bits per heavy atom. The zero-order valence-electron chi connectivity index (χ0n) is 10.9. The summed E-state index contributed by atoms with van der Waals surface area (Å²) >= 11 is 0. The van der Waals surface area contributed by atoms with Gasteiger partial charge in [0.25, 0.3) is 0 Å². The maximum Gasteiger partial charge on any atom is 0.241 e. The maximum absolute atomic E-state index is 12.1. The summed E-state index contributed by atoms with van der Waals surface area (Å²) in [5.41, 5.74) is 0.961. The number of benzene rings is 1. The summed E-state index contributed by atoms with van der Waals surface area (Å²) in [4.78, 5) is 25.0. The molecule has 0 bridgehead atoms. The number of primary sulfonamides is 1. The number of sulfonamides is 1. The molecule has 7 heteroatoms. The molecule has 1 unspecified atom stereocenters. The van der Waals surface area contributed by atoms with Crippen LogP contribution in [-0.2, 0) is 19.6 Å². The fourth-order valence-corrected chi connectivity index (χ4v) is 2.59. The summed E-state index contributed by atoms with van der Waals surface area (Å²) in [7, 11) is -3.80. The van der Waals surface area contributed by atoms with Gasteiger partial charge in [-0.25, -0.2) is 13.6 Å². The molecular weight excluding hydrogens is 280 g/mol. The molecule has 1 heterocycles. The molecule has 6 nitrogen and oxygen atoms in total. The molecule has 106 valence electrons. The van der Waals surface area contributed by atoms with E-state index in [2.05, 4.69) is 6.58 Å². The van der Waals surface area contributed by atoms with Crippen LogP contribution in [0.2, 0.25) is 0 Å². The number of hydrogen-bond acceptors (Lipinski definition) is 4. The summed E-state index contributed by atoms with van der Waals surface area (Å²) in [6.07, 6.45) is 0.0884. The first-order chi connectivity index (χ1) is 9.21. The van der Waals surface area contributed by atoms with Crippen LogP contribution >= 0.6 is 0 Å².